The van der Waals surface area contributed by atoms with Crippen molar-refractivity contribution in [2.45, 2.75) is 52.0 Å². The Morgan fingerprint density at radius 1 is 1.19 bits per heavy atom. The first-order chi connectivity index (χ1) is 10.3. The fourth-order valence-corrected chi connectivity index (χ4v) is 4.16. The van der Waals surface area contributed by atoms with E-state index < -0.39 is 0 Å². The molecule has 0 atom stereocenters. The van der Waals surface area contributed by atoms with E-state index in [4.69, 9.17) is 4.98 Å². The summed E-state index contributed by atoms with van der Waals surface area (Å²) in [4.78, 5) is 7.13. The van der Waals surface area contributed by atoms with Crippen LogP contribution in [0.3, 0.4) is 0 Å². The second kappa shape index (κ2) is 6.65. The monoisotopic (exact) mass is 303 g/mol. The van der Waals surface area contributed by atoms with Crippen molar-refractivity contribution in [3.05, 3.63) is 18.2 Å². The average molecular weight is 303 g/mol. The average Bonchev–Trinajstić information content (AvgIpc) is 2.91. The zero-order valence-electron chi connectivity index (χ0n) is 13.1. The third-order valence-corrected chi connectivity index (χ3v) is 5.38. The number of aromatic nitrogens is 1. The molecule has 0 spiro atoms. The van der Waals surface area contributed by atoms with Crippen molar-refractivity contribution in [1.82, 2.24) is 4.98 Å². The van der Waals surface area contributed by atoms with Crippen LogP contribution < -0.4 is 10.2 Å². The van der Waals surface area contributed by atoms with Gasteiger partial charge in [0.1, 0.15) is 0 Å². The predicted molar refractivity (Wildman–Crippen MR) is 93.7 cm³/mol. The second-order valence-electron chi connectivity index (χ2n) is 5.82. The molecule has 21 heavy (non-hydrogen) atoms. The molecule has 0 saturated heterocycles. The van der Waals surface area contributed by atoms with Gasteiger partial charge in [-0.25, -0.2) is 4.98 Å². The third-order valence-electron chi connectivity index (χ3n) is 4.43. The molecule has 3 rings (SSSR count). The minimum absolute atomic E-state index is 0.626. The summed E-state index contributed by atoms with van der Waals surface area (Å²) >= 11 is 1.79. The van der Waals surface area contributed by atoms with Gasteiger partial charge in [0, 0.05) is 24.8 Å². The van der Waals surface area contributed by atoms with Crippen LogP contribution in [0.4, 0.5) is 10.8 Å². The molecule has 0 aliphatic heterocycles. The molecule has 1 aromatic carbocycles. The van der Waals surface area contributed by atoms with E-state index in [1.54, 1.807) is 11.3 Å². The summed E-state index contributed by atoms with van der Waals surface area (Å²) in [6.45, 7) is 6.51. The number of rotatable bonds is 5. The van der Waals surface area contributed by atoms with Crippen LogP contribution in [0.15, 0.2) is 18.2 Å². The number of hydrogen-bond donors (Lipinski definition) is 1. The first-order valence-electron chi connectivity index (χ1n) is 8.22. The van der Waals surface area contributed by atoms with E-state index in [0.717, 1.165) is 23.7 Å². The van der Waals surface area contributed by atoms with Crippen LogP contribution in [-0.2, 0) is 0 Å². The Balaban J connectivity index is 1.79. The highest BCUT2D eigenvalue weighted by molar-refractivity contribution is 7.22. The Morgan fingerprint density at radius 3 is 2.67 bits per heavy atom. The Morgan fingerprint density at radius 2 is 1.95 bits per heavy atom. The number of nitrogens with zero attached hydrogens (tertiary/aromatic N) is 2. The topological polar surface area (TPSA) is 28.2 Å². The van der Waals surface area contributed by atoms with Crippen LogP contribution in [0.25, 0.3) is 10.2 Å². The molecular formula is C17H25N3S. The van der Waals surface area contributed by atoms with Gasteiger partial charge in [-0.05, 0) is 44.9 Å². The molecule has 4 heteroatoms. The Labute approximate surface area is 131 Å². The number of anilines is 2. The van der Waals surface area contributed by atoms with Gasteiger partial charge >= 0.3 is 0 Å². The van der Waals surface area contributed by atoms with Gasteiger partial charge in [0.2, 0.25) is 0 Å². The van der Waals surface area contributed by atoms with Crippen molar-refractivity contribution in [3.63, 3.8) is 0 Å². The maximum absolute atomic E-state index is 4.75. The van der Waals surface area contributed by atoms with Gasteiger partial charge < -0.3 is 10.2 Å². The van der Waals surface area contributed by atoms with Gasteiger partial charge in [0.05, 0.1) is 10.2 Å². The lowest BCUT2D eigenvalue weighted by Crippen LogP contribution is -2.21. The van der Waals surface area contributed by atoms with E-state index in [1.165, 1.54) is 42.5 Å². The molecule has 0 bridgehead atoms. The molecule has 1 heterocycles. The molecule has 1 aromatic heterocycles. The van der Waals surface area contributed by atoms with Crippen LogP contribution in [-0.4, -0.2) is 24.1 Å². The molecule has 1 aliphatic carbocycles. The lowest BCUT2D eigenvalue weighted by atomic mass is 9.96. The summed E-state index contributed by atoms with van der Waals surface area (Å²) in [6.07, 6.45) is 6.69. The highest BCUT2D eigenvalue weighted by Gasteiger charge is 2.15. The summed E-state index contributed by atoms with van der Waals surface area (Å²) in [5.74, 6) is 0. The van der Waals surface area contributed by atoms with Gasteiger partial charge in [0.15, 0.2) is 5.13 Å². The lowest BCUT2D eigenvalue weighted by Gasteiger charge is -2.22. The van der Waals surface area contributed by atoms with Gasteiger partial charge in [0.25, 0.3) is 0 Å². The Kier molecular flexibility index (Phi) is 4.63. The summed E-state index contributed by atoms with van der Waals surface area (Å²) in [6, 6.07) is 7.26. The first kappa shape index (κ1) is 14.6. The van der Waals surface area contributed by atoms with Crippen LogP contribution in [0, 0.1) is 0 Å². The van der Waals surface area contributed by atoms with Crippen molar-refractivity contribution in [1.29, 1.82) is 0 Å². The SMILES string of the molecule is CCN(CC)c1ccc2nc(NC3CCCCC3)sc2c1. The minimum Gasteiger partial charge on any atom is -0.372 e. The molecule has 1 fully saturated rings. The largest absolute Gasteiger partial charge is 0.372 e. The Bertz CT molecular complexity index is 583. The summed E-state index contributed by atoms with van der Waals surface area (Å²) in [5.41, 5.74) is 2.43. The van der Waals surface area contributed by atoms with Gasteiger partial charge in [-0.3, -0.25) is 0 Å². The number of hydrogen-bond acceptors (Lipinski definition) is 4. The number of thiazole rings is 1. The number of benzene rings is 1. The van der Waals surface area contributed by atoms with Crippen LogP contribution in [0.2, 0.25) is 0 Å². The minimum atomic E-state index is 0.626. The zero-order chi connectivity index (χ0) is 14.7. The molecule has 0 radical (unpaired) electrons. The lowest BCUT2D eigenvalue weighted by molar-refractivity contribution is 0.462. The standard InChI is InChI=1S/C17H25N3S/c1-3-20(4-2)14-10-11-15-16(12-14)21-17(19-15)18-13-8-6-5-7-9-13/h10-13H,3-9H2,1-2H3,(H,18,19). The molecule has 2 aromatic rings. The molecule has 0 amide bonds. The molecular weight excluding hydrogens is 278 g/mol. The van der Waals surface area contributed by atoms with Gasteiger partial charge in [-0.15, -0.1) is 0 Å². The Hall–Kier alpha value is -1.29. The van der Waals surface area contributed by atoms with Crippen molar-refractivity contribution in [2.24, 2.45) is 0 Å². The summed E-state index contributed by atoms with van der Waals surface area (Å²) in [5, 5.41) is 4.73. The van der Waals surface area contributed by atoms with Crippen molar-refractivity contribution >= 4 is 32.4 Å². The molecule has 114 valence electrons. The van der Waals surface area contributed by atoms with Crippen molar-refractivity contribution in [3.8, 4) is 0 Å². The number of nitrogens with one attached hydrogen (secondary N) is 1. The molecule has 1 saturated carbocycles. The number of fused-ring (bicyclic) bond motifs is 1. The van der Waals surface area contributed by atoms with Crippen LogP contribution in [0.1, 0.15) is 46.0 Å². The fourth-order valence-electron chi connectivity index (χ4n) is 3.18. The molecule has 0 unspecified atom stereocenters. The zero-order valence-corrected chi connectivity index (χ0v) is 13.9. The second-order valence-corrected chi connectivity index (χ2v) is 6.85. The summed E-state index contributed by atoms with van der Waals surface area (Å²) in [7, 11) is 0. The fraction of sp³-hybridized carbons (Fsp3) is 0.588. The van der Waals surface area contributed by atoms with E-state index in [9.17, 15) is 0 Å². The smallest absolute Gasteiger partial charge is 0.184 e. The first-order valence-corrected chi connectivity index (χ1v) is 9.04. The van der Waals surface area contributed by atoms with Crippen molar-refractivity contribution in [2.75, 3.05) is 23.3 Å². The van der Waals surface area contributed by atoms with E-state index >= 15 is 0 Å². The van der Waals surface area contributed by atoms with E-state index in [-0.39, 0.29) is 0 Å². The van der Waals surface area contributed by atoms with Gasteiger partial charge in [-0.1, -0.05) is 30.6 Å². The van der Waals surface area contributed by atoms with Crippen molar-refractivity contribution < 1.29 is 0 Å². The molecule has 1 N–H and O–H groups in total. The summed E-state index contributed by atoms with van der Waals surface area (Å²) < 4.78 is 1.29. The predicted octanol–water partition coefficient (Wildman–Crippen LogP) is 4.89. The van der Waals surface area contributed by atoms with Gasteiger partial charge in [-0.2, -0.15) is 0 Å². The molecule has 3 nitrogen and oxygen atoms in total. The van der Waals surface area contributed by atoms with E-state index in [2.05, 4.69) is 42.3 Å². The van der Waals surface area contributed by atoms with E-state index in [0.29, 0.717) is 6.04 Å². The quantitative estimate of drug-likeness (QED) is 0.852. The maximum Gasteiger partial charge on any atom is 0.184 e. The molecule has 1 aliphatic rings. The maximum atomic E-state index is 4.75. The highest BCUT2D eigenvalue weighted by atomic mass is 32.1. The normalized spacial score (nSPS) is 16.3. The third kappa shape index (κ3) is 3.31. The van der Waals surface area contributed by atoms with Crippen LogP contribution >= 0.6 is 11.3 Å². The highest BCUT2D eigenvalue weighted by Crippen LogP contribution is 2.31. The van der Waals surface area contributed by atoms with E-state index in [1.807, 2.05) is 0 Å². The van der Waals surface area contributed by atoms with Crippen LogP contribution in [0.5, 0.6) is 0 Å².